The molecule has 2 saturated carbocycles. The van der Waals surface area contributed by atoms with E-state index in [1.54, 1.807) is 25.4 Å². The molecule has 5 rings (SSSR count). The van der Waals surface area contributed by atoms with Crippen LogP contribution in [0.15, 0.2) is 46.5 Å². The number of fused-ring (bicyclic) bond motifs is 1. The van der Waals surface area contributed by atoms with Crippen LogP contribution in [0.1, 0.15) is 49.8 Å². The molecule has 0 aliphatic heterocycles. The van der Waals surface area contributed by atoms with Gasteiger partial charge in [-0.25, -0.2) is 4.98 Å². The third-order valence-electron chi connectivity index (χ3n) is 7.37. The molecule has 0 spiro atoms. The Labute approximate surface area is 215 Å². The summed E-state index contributed by atoms with van der Waals surface area (Å²) in [7, 11) is 3.59. The topological polar surface area (TPSA) is 96.4 Å². The number of halogens is 1. The molecular weight excluding hydrogens is 476 g/mol. The number of hydrogen-bond donors (Lipinski definition) is 0. The number of pyridine rings is 3. The molecule has 0 amide bonds. The molecule has 3 aromatic rings. The number of rotatable bonds is 7. The predicted octanol–water partition coefficient (Wildman–Crippen LogP) is 4.68. The molecule has 0 saturated heterocycles. The molecule has 0 atom stereocenters. The summed E-state index contributed by atoms with van der Waals surface area (Å²) in [6.45, 7) is 0.664. The van der Waals surface area contributed by atoms with E-state index in [-0.39, 0.29) is 23.1 Å². The fourth-order valence-electron chi connectivity index (χ4n) is 5.07. The van der Waals surface area contributed by atoms with Gasteiger partial charge >= 0.3 is 0 Å². The van der Waals surface area contributed by atoms with Crippen LogP contribution in [0.5, 0.6) is 0 Å². The van der Waals surface area contributed by atoms with Crippen molar-refractivity contribution in [3.63, 3.8) is 0 Å². The van der Waals surface area contributed by atoms with Crippen molar-refractivity contribution in [1.29, 1.82) is 5.26 Å². The van der Waals surface area contributed by atoms with Crippen LogP contribution in [-0.4, -0.2) is 39.9 Å². The highest BCUT2D eigenvalue weighted by Gasteiger charge is 2.31. The van der Waals surface area contributed by atoms with E-state index in [1.165, 1.54) is 17.4 Å². The Bertz CT molecular complexity index is 1390. The maximum absolute atomic E-state index is 13.0. The van der Waals surface area contributed by atoms with Gasteiger partial charge in [-0.1, -0.05) is 22.8 Å². The van der Waals surface area contributed by atoms with Crippen LogP contribution in [0.2, 0.25) is 5.15 Å². The molecular formula is C27H29ClN6O2. The fraction of sp³-hybridized carbons (Fsp3) is 0.444. The highest BCUT2D eigenvalue weighted by Crippen LogP contribution is 2.35. The number of hydrogen-bond acceptors (Lipinski definition) is 7. The summed E-state index contributed by atoms with van der Waals surface area (Å²) in [6.07, 6.45) is 7.76. The lowest BCUT2D eigenvalue weighted by Gasteiger charge is -2.36. The number of aryl methyl sites for hydroxylation is 1. The molecule has 3 aromatic heterocycles. The monoisotopic (exact) mass is 504 g/mol. The largest absolute Gasteiger partial charge is 0.395 e. The molecule has 0 bridgehead atoms. The first-order valence-corrected chi connectivity index (χ1v) is 12.8. The van der Waals surface area contributed by atoms with Gasteiger partial charge in [-0.15, -0.1) is 0 Å². The highest BCUT2D eigenvalue weighted by atomic mass is 35.5. The Hall–Kier alpha value is -3.44. The molecule has 0 aromatic carbocycles. The standard InChI is InChI=1S/C27H29ClN6O2/c1-33(26-20(15-29)27(35)34(2)22-12-13-23(28)31-25(22)26)19-10-8-18(9-11-19)24(21-5-3-4-14-30-21)32-36-16-17-6-7-17/h3-5,12-14,17-19H,6-11,16H2,1-2H3/b32-24-/t18-,19-. The van der Waals surface area contributed by atoms with E-state index in [1.807, 2.05) is 30.1 Å². The second kappa shape index (κ2) is 10.3. The quantitative estimate of drug-likeness (QED) is 0.263. The van der Waals surface area contributed by atoms with Crippen molar-refractivity contribution in [2.75, 3.05) is 18.6 Å². The zero-order valence-corrected chi connectivity index (χ0v) is 21.3. The molecule has 8 nitrogen and oxygen atoms in total. The van der Waals surface area contributed by atoms with Crippen LogP contribution >= 0.6 is 11.6 Å². The molecule has 2 aliphatic carbocycles. The number of nitrogens with zero attached hydrogens (tertiary/aromatic N) is 6. The van der Waals surface area contributed by atoms with E-state index in [2.05, 4.69) is 21.2 Å². The smallest absolute Gasteiger partial charge is 0.270 e. The third kappa shape index (κ3) is 4.80. The molecule has 2 fully saturated rings. The zero-order valence-electron chi connectivity index (χ0n) is 20.5. The molecule has 2 aliphatic rings. The number of nitriles is 1. The molecule has 0 radical (unpaired) electrons. The van der Waals surface area contributed by atoms with E-state index in [4.69, 9.17) is 16.4 Å². The minimum Gasteiger partial charge on any atom is -0.395 e. The van der Waals surface area contributed by atoms with Crippen LogP contribution < -0.4 is 10.5 Å². The number of anilines is 1. The molecule has 36 heavy (non-hydrogen) atoms. The van der Waals surface area contributed by atoms with Crippen molar-refractivity contribution in [2.45, 2.75) is 44.6 Å². The number of aromatic nitrogens is 3. The average molecular weight is 505 g/mol. The lowest BCUT2D eigenvalue weighted by molar-refractivity contribution is 0.131. The van der Waals surface area contributed by atoms with Crippen LogP contribution in [0.3, 0.4) is 0 Å². The van der Waals surface area contributed by atoms with Crippen molar-refractivity contribution in [2.24, 2.45) is 24.0 Å². The Morgan fingerprint density at radius 2 is 2.00 bits per heavy atom. The summed E-state index contributed by atoms with van der Waals surface area (Å²) in [6, 6.07) is 11.6. The minimum atomic E-state index is -0.331. The average Bonchev–Trinajstić information content (AvgIpc) is 3.73. The zero-order chi connectivity index (χ0) is 25.2. The lowest BCUT2D eigenvalue weighted by atomic mass is 9.81. The Morgan fingerprint density at radius 1 is 1.22 bits per heavy atom. The maximum Gasteiger partial charge on any atom is 0.270 e. The van der Waals surface area contributed by atoms with Crippen molar-refractivity contribution >= 4 is 34.0 Å². The van der Waals surface area contributed by atoms with Gasteiger partial charge in [-0.2, -0.15) is 5.26 Å². The van der Waals surface area contributed by atoms with Crippen molar-refractivity contribution in [1.82, 2.24) is 14.5 Å². The normalized spacial score (nSPS) is 20.2. The lowest BCUT2D eigenvalue weighted by Crippen LogP contribution is -2.39. The van der Waals surface area contributed by atoms with Crippen molar-refractivity contribution < 1.29 is 4.84 Å². The predicted molar refractivity (Wildman–Crippen MR) is 140 cm³/mol. The SMILES string of the molecule is Cn1c(=O)c(C#N)c(N(C)[C@H]2CC[C@H](/C(=N/OCC3CC3)c3ccccn3)CC2)c2nc(Cl)ccc21. The van der Waals surface area contributed by atoms with Crippen LogP contribution in [-0.2, 0) is 11.9 Å². The van der Waals surface area contributed by atoms with Gasteiger partial charge in [0.1, 0.15) is 34.6 Å². The van der Waals surface area contributed by atoms with Gasteiger partial charge in [0, 0.05) is 32.3 Å². The summed E-state index contributed by atoms with van der Waals surface area (Å²) in [5, 5.41) is 14.8. The van der Waals surface area contributed by atoms with Gasteiger partial charge < -0.3 is 14.3 Å². The van der Waals surface area contributed by atoms with Gasteiger partial charge in [0.05, 0.1) is 16.9 Å². The Morgan fingerprint density at radius 3 is 2.67 bits per heavy atom. The van der Waals surface area contributed by atoms with Gasteiger partial charge in [-0.05, 0) is 68.7 Å². The first kappa shape index (κ1) is 24.3. The first-order valence-electron chi connectivity index (χ1n) is 12.4. The number of oxime groups is 1. The highest BCUT2D eigenvalue weighted by molar-refractivity contribution is 6.29. The molecule has 9 heteroatoms. The Balaban J connectivity index is 1.40. The van der Waals surface area contributed by atoms with Crippen molar-refractivity contribution in [3.8, 4) is 6.07 Å². The molecule has 3 heterocycles. The van der Waals surface area contributed by atoms with Gasteiger partial charge in [0.25, 0.3) is 5.56 Å². The summed E-state index contributed by atoms with van der Waals surface area (Å²) < 4.78 is 1.46. The molecule has 0 unspecified atom stereocenters. The molecule has 0 N–H and O–H groups in total. The fourth-order valence-corrected chi connectivity index (χ4v) is 5.22. The van der Waals surface area contributed by atoms with Gasteiger partial charge in [-0.3, -0.25) is 9.78 Å². The maximum atomic E-state index is 13.0. The van der Waals surface area contributed by atoms with Crippen molar-refractivity contribution in [3.05, 3.63) is 63.3 Å². The first-order chi connectivity index (χ1) is 17.5. The summed E-state index contributed by atoms with van der Waals surface area (Å²) in [4.78, 5) is 29.8. The van der Waals surface area contributed by atoms with E-state index in [0.29, 0.717) is 34.4 Å². The second-order valence-corrected chi connectivity index (χ2v) is 10.1. The third-order valence-corrected chi connectivity index (χ3v) is 7.58. The second-order valence-electron chi connectivity index (χ2n) is 9.75. The Kier molecular flexibility index (Phi) is 6.92. The van der Waals surface area contributed by atoms with E-state index < -0.39 is 0 Å². The van der Waals surface area contributed by atoms with Crippen LogP contribution in [0, 0.1) is 23.2 Å². The summed E-state index contributed by atoms with van der Waals surface area (Å²) in [5.41, 5.74) is 3.28. The van der Waals surface area contributed by atoms with Crippen LogP contribution in [0.4, 0.5) is 5.69 Å². The minimum absolute atomic E-state index is 0.0913. The summed E-state index contributed by atoms with van der Waals surface area (Å²) in [5.74, 6) is 0.861. The van der Waals surface area contributed by atoms with E-state index >= 15 is 0 Å². The van der Waals surface area contributed by atoms with Gasteiger partial charge in [0.15, 0.2) is 0 Å². The van der Waals surface area contributed by atoms with Gasteiger partial charge in [0.2, 0.25) is 0 Å². The van der Waals surface area contributed by atoms with Crippen LogP contribution in [0.25, 0.3) is 11.0 Å². The van der Waals surface area contributed by atoms with E-state index in [0.717, 1.165) is 37.1 Å². The van der Waals surface area contributed by atoms with E-state index in [9.17, 15) is 10.1 Å². The summed E-state index contributed by atoms with van der Waals surface area (Å²) >= 11 is 6.22. The molecule has 186 valence electrons.